The van der Waals surface area contributed by atoms with Crippen molar-refractivity contribution in [3.8, 4) is 0 Å². The van der Waals surface area contributed by atoms with Crippen molar-refractivity contribution in [1.29, 1.82) is 0 Å². The lowest BCUT2D eigenvalue weighted by atomic mass is 10.3. The second-order valence-electron chi connectivity index (χ2n) is 4.35. The Kier molecular flexibility index (Phi) is 3.78. The highest BCUT2D eigenvalue weighted by atomic mass is 28.4. The lowest BCUT2D eigenvalue weighted by Crippen LogP contribution is -2.39. The Labute approximate surface area is 77.6 Å². The van der Waals surface area contributed by atoms with Crippen LogP contribution in [-0.2, 0) is 4.43 Å². The highest BCUT2D eigenvalue weighted by Gasteiger charge is 2.32. The Hall–Kier alpha value is 0.177. The fourth-order valence-electron chi connectivity index (χ4n) is 1.99. The molecule has 0 N–H and O–H groups in total. The molecule has 0 radical (unpaired) electrons. The smallest absolute Gasteiger partial charge is 0.190 e. The summed E-state index contributed by atoms with van der Waals surface area (Å²) in [4.78, 5) is 0. The Morgan fingerprint density at radius 2 is 1.83 bits per heavy atom. The van der Waals surface area contributed by atoms with Crippen LogP contribution >= 0.6 is 0 Å². The van der Waals surface area contributed by atoms with E-state index in [4.69, 9.17) is 4.43 Å². The summed E-state index contributed by atoms with van der Waals surface area (Å²) < 4.78 is 6.17. The molecule has 0 bridgehead atoms. The van der Waals surface area contributed by atoms with Gasteiger partial charge in [0, 0.05) is 6.10 Å². The van der Waals surface area contributed by atoms with Gasteiger partial charge in [-0.15, -0.1) is 0 Å². The van der Waals surface area contributed by atoms with E-state index >= 15 is 0 Å². The topological polar surface area (TPSA) is 9.23 Å². The Bertz CT molecular complexity index is 130. The van der Waals surface area contributed by atoms with Crippen molar-refractivity contribution in [2.24, 2.45) is 0 Å². The number of rotatable bonds is 3. The van der Waals surface area contributed by atoms with E-state index in [0.717, 1.165) is 0 Å². The summed E-state index contributed by atoms with van der Waals surface area (Å²) in [6.07, 6.45) is 5.94. The fraction of sp³-hybridized carbons (Fsp3) is 1.00. The zero-order valence-electron chi connectivity index (χ0n) is 8.73. The molecule has 1 aliphatic rings. The lowest BCUT2D eigenvalue weighted by Gasteiger charge is -2.33. The van der Waals surface area contributed by atoms with Gasteiger partial charge in [-0.3, -0.25) is 0 Å². The molecule has 72 valence electrons. The summed E-state index contributed by atoms with van der Waals surface area (Å²) in [5.41, 5.74) is 0. The standard InChI is InChI=1S/C10H22OSi/c1-4-10(2)11-12(3)8-6-5-7-9-12/h10H,4-9H2,1-3H3. The number of hydrogen-bond acceptors (Lipinski definition) is 1. The van der Waals surface area contributed by atoms with Crippen LogP contribution in [0.25, 0.3) is 0 Å². The van der Waals surface area contributed by atoms with Crippen LogP contribution in [0.5, 0.6) is 0 Å². The molecule has 0 amide bonds. The lowest BCUT2D eigenvalue weighted by molar-refractivity contribution is 0.199. The number of hydrogen-bond donors (Lipinski definition) is 0. The monoisotopic (exact) mass is 186 g/mol. The van der Waals surface area contributed by atoms with Crippen molar-refractivity contribution in [3.63, 3.8) is 0 Å². The van der Waals surface area contributed by atoms with Gasteiger partial charge in [-0.05, 0) is 32.0 Å². The molecule has 0 aromatic rings. The van der Waals surface area contributed by atoms with Gasteiger partial charge < -0.3 is 4.43 Å². The molecule has 1 nitrogen and oxygen atoms in total. The van der Waals surface area contributed by atoms with Crippen LogP contribution in [0.15, 0.2) is 0 Å². The van der Waals surface area contributed by atoms with Gasteiger partial charge in [-0.25, -0.2) is 0 Å². The maximum atomic E-state index is 6.17. The molecular weight excluding hydrogens is 164 g/mol. The first kappa shape index (κ1) is 10.3. The summed E-state index contributed by atoms with van der Waals surface area (Å²) >= 11 is 0. The maximum Gasteiger partial charge on any atom is 0.190 e. The summed E-state index contributed by atoms with van der Waals surface area (Å²) in [7, 11) is -1.22. The summed E-state index contributed by atoms with van der Waals surface area (Å²) in [6.45, 7) is 6.84. The van der Waals surface area contributed by atoms with E-state index < -0.39 is 8.32 Å². The second kappa shape index (κ2) is 4.42. The van der Waals surface area contributed by atoms with Crippen molar-refractivity contribution >= 4 is 8.32 Å². The molecule has 1 rings (SSSR count). The first-order chi connectivity index (χ1) is 5.66. The third-order valence-electron chi connectivity index (χ3n) is 2.97. The van der Waals surface area contributed by atoms with E-state index in [-0.39, 0.29) is 0 Å². The molecule has 0 aromatic carbocycles. The molecule has 2 heteroatoms. The molecule has 1 atom stereocenters. The van der Waals surface area contributed by atoms with E-state index in [1.165, 1.54) is 37.8 Å². The van der Waals surface area contributed by atoms with E-state index in [1.54, 1.807) is 0 Å². The third-order valence-corrected chi connectivity index (χ3v) is 6.77. The van der Waals surface area contributed by atoms with Gasteiger partial charge in [0.1, 0.15) is 0 Å². The van der Waals surface area contributed by atoms with Crippen LogP contribution in [0, 0.1) is 0 Å². The van der Waals surface area contributed by atoms with Gasteiger partial charge in [0.05, 0.1) is 0 Å². The first-order valence-electron chi connectivity index (χ1n) is 5.34. The molecule has 0 spiro atoms. The summed E-state index contributed by atoms with van der Waals surface area (Å²) in [5, 5.41) is 0. The van der Waals surface area contributed by atoms with Crippen molar-refractivity contribution in [3.05, 3.63) is 0 Å². The van der Waals surface area contributed by atoms with E-state index in [2.05, 4.69) is 20.4 Å². The third kappa shape index (κ3) is 2.90. The van der Waals surface area contributed by atoms with Gasteiger partial charge in [-0.1, -0.05) is 26.2 Å². The van der Waals surface area contributed by atoms with Crippen LogP contribution in [0.1, 0.15) is 39.5 Å². The summed E-state index contributed by atoms with van der Waals surface area (Å²) in [5.74, 6) is 0. The maximum absolute atomic E-state index is 6.17. The Morgan fingerprint density at radius 1 is 1.25 bits per heavy atom. The van der Waals surface area contributed by atoms with E-state index in [1.807, 2.05) is 0 Å². The van der Waals surface area contributed by atoms with Crippen molar-refractivity contribution in [2.75, 3.05) is 0 Å². The highest BCUT2D eigenvalue weighted by Crippen LogP contribution is 2.30. The van der Waals surface area contributed by atoms with Crippen LogP contribution in [0.2, 0.25) is 18.6 Å². The SMILES string of the molecule is CCC(C)O[Si]1(C)CCCCC1. The molecule has 0 aliphatic carbocycles. The van der Waals surface area contributed by atoms with Crippen molar-refractivity contribution in [2.45, 2.75) is 64.3 Å². The quantitative estimate of drug-likeness (QED) is 0.612. The normalized spacial score (nSPS) is 25.2. The second-order valence-corrected chi connectivity index (χ2v) is 8.48. The first-order valence-corrected chi connectivity index (χ1v) is 8.16. The zero-order valence-corrected chi connectivity index (χ0v) is 9.73. The van der Waals surface area contributed by atoms with E-state index in [0.29, 0.717) is 6.10 Å². The van der Waals surface area contributed by atoms with Crippen molar-refractivity contribution in [1.82, 2.24) is 0 Å². The Morgan fingerprint density at radius 3 is 2.33 bits per heavy atom. The minimum atomic E-state index is -1.22. The minimum absolute atomic E-state index is 0.500. The Balaban J connectivity index is 2.35. The van der Waals surface area contributed by atoms with Gasteiger partial charge >= 0.3 is 0 Å². The van der Waals surface area contributed by atoms with Crippen LogP contribution < -0.4 is 0 Å². The van der Waals surface area contributed by atoms with Crippen molar-refractivity contribution < 1.29 is 4.43 Å². The van der Waals surface area contributed by atoms with Crippen LogP contribution in [0.3, 0.4) is 0 Å². The van der Waals surface area contributed by atoms with Crippen LogP contribution in [0.4, 0.5) is 0 Å². The average molecular weight is 186 g/mol. The van der Waals surface area contributed by atoms with Crippen LogP contribution in [-0.4, -0.2) is 14.4 Å². The molecule has 12 heavy (non-hydrogen) atoms. The molecule has 1 unspecified atom stereocenters. The largest absolute Gasteiger partial charge is 0.414 e. The zero-order chi connectivity index (χ0) is 9.03. The predicted octanol–water partition coefficient (Wildman–Crippen LogP) is 3.56. The van der Waals surface area contributed by atoms with Gasteiger partial charge in [0.2, 0.25) is 0 Å². The minimum Gasteiger partial charge on any atom is -0.414 e. The van der Waals surface area contributed by atoms with E-state index in [9.17, 15) is 0 Å². The highest BCUT2D eigenvalue weighted by molar-refractivity contribution is 6.72. The molecule has 0 aromatic heterocycles. The molecule has 1 heterocycles. The van der Waals surface area contributed by atoms with Gasteiger partial charge in [-0.2, -0.15) is 0 Å². The molecular formula is C10H22OSi. The van der Waals surface area contributed by atoms with Gasteiger partial charge in [0.25, 0.3) is 0 Å². The molecule has 1 aliphatic heterocycles. The molecule has 1 fully saturated rings. The summed E-state index contributed by atoms with van der Waals surface area (Å²) in [6, 6.07) is 2.80. The predicted molar refractivity (Wildman–Crippen MR) is 55.9 cm³/mol. The molecule has 1 saturated heterocycles. The molecule has 0 saturated carbocycles. The average Bonchev–Trinajstić information content (AvgIpc) is 2.05. The van der Waals surface area contributed by atoms with Gasteiger partial charge in [0.15, 0.2) is 8.32 Å². The fourth-order valence-corrected chi connectivity index (χ4v) is 5.61.